The van der Waals surface area contributed by atoms with E-state index < -0.39 is 0 Å². The van der Waals surface area contributed by atoms with Crippen LogP contribution in [-0.4, -0.2) is 16.7 Å². The van der Waals surface area contributed by atoms with Crippen molar-refractivity contribution < 1.29 is 0 Å². The molecular weight excluding hydrogens is 224 g/mol. The lowest BCUT2D eigenvalue weighted by Gasteiger charge is -2.04. The normalized spacial score (nSPS) is 9.78. The smallest absolute Gasteiger partial charge is 0.148 e. The van der Waals surface area contributed by atoms with Gasteiger partial charge in [-0.1, -0.05) is 19.1 Å². The zero-order valence-electron chi connectivity index (χ0n) is 10.2. The maximum absolute atomic E-state index is 8.73. The molecule has 4 heteroatoms. The monoisotopic (exact) mass is 238 g/mol. The molecule has 18 heavy (non-hydrogen) atoms. The summed E-state index contributed by atoms with van der Waals surface area (Å²) < 4.78 is 0. The van der Waals surface area contributed by atoms with Crippen LogP contribution in [0.25, 0.3) is 11.3 Å². The van der Waals surface area contributed by atoms with Crippen molar-refractivity contribution in [2.45, 2.75) is 13.3 Å². The third kappa shape index (κ3) is 2.83. The predicted octanol–water partition coefficient (Wildman–Crippen LogP) is 2.84. The van der Waals surface area contributed by atoms with Crippen LogP contribution in [-0.2, 0) is 0 Å². The van der Waals surface area contributed by atoms with Gasteiger partial charge < -0.3 is 5.32 Å². The number of benzene rings is 1. The van der Waals surface area contributed by atoms with Crippen LogP contribution in [0.2, 0.25) is 0 Å². The molecule has 0 aliphatic heterocycles. The van der Waals surface area contributed by atoms with Crippen LogP contribution >= 0.6 is 0 Å². The highest BCUT2D eigenvalue weighted by molar-refractivity contribution is 5.60. The van der Waals surface area contributed by atoms with Gasteiger partial charge >= 0.3 is 0 Å². The van der Waals surface area contributed by atoms with Gasteiger partial charge in [-0.15, -0.1) is 10.2 Å². The molecule has 1 aromatic heterocycles. The van der Waals surface area contributed by atoms with E-state index in [9.17, 15) is 0 Å². The van der Waals surface area contributed by atoms with E-state index in [0.29, 0.717) is 5.56 Å². The Hall–Kier alpha value is -2.41. The first kappa shape index (κ1) is 12.1. The Labute approximate surface area is 106 Å². The van der Waals surface area contributed by atoms with Crippen LogP contribution in [0.1, 0.15) is 18.9 Å². The Morgan fingerprint density at radius 2 is 1.89 bits per heavy atom. The topological polar surface area (TPSA) is 61.6 Å². The Balaban J connectivity index is 2.15. The van der Waals surface area contributed by atoms with Crippen molar-refractivity contribution in [2.24, 2.45) is 0 Å². The second kappa shape index (κ2) is 5.78. The zero-order chi connectivity index (χ0) is 12.8. The Morgan fingerprint density at radius 1 is 1.11 bits per heavy atom. The number of hydrogen-bond donors (Lipinski definition) is 1. The highest BCUT2D eigenvalue weighted by atomic mass is 15.2. The van der Waals surface area contributed by atoms with Crippen molar-refractivity contribution in [3.05, 3.63) is 42.0 Å². The molecule has 0 unspecified atom stereocenters. The maximum atomic E-state index is 8.73. The molecule has 1 aromatic carbocycles. The number of nitriles is 1. The van der Waals surface area contributed by atoms with E-state index in [2.05, 4.69) is 28.5 Å². The second-order valence-corrected chi connectivity index (χ2v) is 3.92. The first-order chi connectivity index (χ1) is 8.83. The molecular formula is C14H14N4. The standard InChI is InChI=1S/C14H14N4/c1-2-9-16-14-8-7-13(17-18-14)12-5-3-11(10-15)4-6-12/h3-8H,2,9H2,1H3,(H,16,18). The van der Waals surface area contributed by atoms with Crippen LogP contribution in [0.5, 0.6) is 0 Å². The van der Waals surface area contributed by atoms with E-state index >= 15 is 0 Å². The second-order valence-electron chi connectivity index (χ2n) is 3.92. The van der Waals surface area contributed by atoms with Gasteiger partial charge in [0.15, 0.2) is 0 Å². The van der Waals surface area contributed by atoms with E-state index in [4.69, 9.17) is 5.26 Å². The number of anilines is 1. The van der Waals surface area contributed by atoms with Crippen molar-refractivity contribution in [3.8, 4) is 17.3 Å². The highest BCUT2D eigenvalue weighted by Crippen LogP contribution is 2.17. The van der Waals surface area contributed by atoms with Gasteiger partial charge in [-0.05, 0) is 30.7 Å². The predicted molar refractivity (Wildman–Crippen MR) is 71.0 cm³/mol. The van der Waals surface area contributed by atoms with Gasteiger partial charge in [0.2, 0.25) is 0 Å². The van der Waals surface area contributed by atoms with E-state index in [-0.39, 0.29) is 0 Å². The lowest BCUT2D eigenvalue weighted by Crippen LogP contribution is -2.02. The molecule has 0 aliphatic rings. The number of nitrogens with zero attached hydrogens (tertiary/aromatic N) is 3. The van der Waals surface area contributed by atoms with Gasteiger partial charge in [-0.25, -0.2) is 0 Å². The van der Waals surface area contributed by atoms with Crippen molar-refractivity contribution in [3.63, 3.8) is 0 Å². The van der Waals surface area contributed by atoms with Crippen LogP contribution in [0.3, 0.4) is 0 Å². The van der Waals surface area contributed by atoms with Crippen molar-refractivity contribution in [2.75, 3.05) is 11.9 Å². The molecule has 0 fully saturated rings. The molecule has 90 valence electrons. The van der Waals surface area contributed by atoms with Crippen LogP contribution in [0, 0.1) is 11.3 Å². The first-order valence-electron chi connectivity index (χ1n) is 5.91. The number of rotatable bonds is 4. The van der Waals surface area contributed by atoms with Crippen LogP contribution in [0.15, 0.2) is 36.4 Å². The zero-order valence-corrected chi connectivity index (χ0v) is 10.2. The molecule has 0 spiro atoms. The van der Waals surface area contributed by atoms with Gasteiger partial charge in [0, 0.05) is 12.1 Å². The Kier molecular flexibility index (Phi) is 3.87. The molecule has 0 bridgehead atoms. The first-order valence-corrected chi connectivity index (χ1v) is 5.91. The summed E-state index contributed by atoms with van der Waals surface area (Å²) in [5.41, 5.74) is 2.41. The molecule has 0 radical (unpaired) electrons. The largest absolute Gasteiger partial charge is 0.369 e. The van der Waals surface area contributed by atoms with E-state index in [0.717, 1.165) is 30.0 Å². The minimum Gasteiger partial charge on any atom is -0.369 e. The van der Waals surface area contributed by atoms with Gasteiger partial charge in [0.1, 0.15) is 5.82 Å². The third-order valence-electron chi connectivity index (χ3n) is 2.53. The molecule has 0 amide bonds. The fourth-order valence-corrected chi connectivity index (χ4v) is 1.55. The highest BCUT2D eigenvalue weighted by Gasteiger charge is 2.01. The lowest BCUT2D eigenvalue weighted by atomic mass is 10.1. The summed E-state index contributed by atoms with van der Waals surface area (Å²) in [5, 5.41) is 20.2. The summed E-state index contributed by atoms with van der Waals surface area (Å²) in [6.07, 6.45) is 1.05. The molecule has 0 saturated heterocycles. The maximum Gasteiger partial charge on any atom is 0.148 e. The summed E-state index contributed by atoms with van der Waals surface area (Å²) in [5.74, 6) is 0.786. The lowest BCUT2D eigenvalue weighted by molar-refractivity contribution is 0.945. The minimum absolute atomic E-state index is 0.646. The average molecular weight is 238 g/mol. The van der Waals surface area contributed by atoms with E-state index in [1.54, 1.807) is 12.1 Å². The molecule has 1 N–H and O–H groups in total. The molecule has 0 aliphatic carbocycles. The Bertz CT molecular complexity index is 538. The molecule has 2 aromatic rings. The molecule has 0 atom stereocenters. The van der Waals surface area contributed by atoms with E-state index in [1.165, 1.54) is 0 Å². The number of hydrogen-bond acceptors (Lipinski definition) is 4. The summed E-state index contributed by atoms with van der Waals surface area (Å²) in [7, 11) is 0. The van der Waals surface area contributed by atoms with Crippen LogP contribution < -0.4 is 5.32 Å². The van der Waals surface area contributed by atoms with Crippen molar-refractivity contribution >= 4 is 5.82 Å². The van der Waals surface area contributed by atoms with E-state index in [1.807, 2.05) is 24.3 Å². The van der Waals surface area contributed by atoms with Crippen molar-refractivity contribution in [1.82, 2.24) is 10.2 Å². The number of aromatic nitrogens is 2. The quantitative estimate of drug-likeness (QED) is 0.889. The fraction of sp³-hybridized carbons (Fsp3) is 0.214. The molecule has 0 saturated carbocycles. The summed E-state index contributed by atoms with van der Waals surface area (Å²) in [6.45, 7) is 3.00. The molecule has 2 rings (SSSR count). The third-order valence-corrected chi connectivity index (χ3v) is 2.53. The fourth-order valence-electron chi connectivity index (χ4n) is 1.55. The average Bonchev–Trinajstić information content (AvgIpc) is 2.46. The minimum atomic E-state index is 0.646. The van der Waals surface area contributed by atoms with Gasteiger partial charge in [-0.2, -0.15) is 5.26 Å². The molecule has 4 nitrogen and oxygen atoms in total. The van der Waals surface area contributed by atoms with Gasteiger partial charge in [0.25, 0.3) is 0 Å². The van der Waals surface area contributed by atoms with Crippen LogP contribution in [0.4, 0.5) is 5.82 Å². The van der Waals surface area contributed by atoms with Crippen molar-refractivity contribution in [1.29, 1.82) is 5.26 Å². The molecule has 1 heterocycles. The number of nitrogens with one attached hydrogen (secondary N) is 1. The SMILES string of the molecule is CCCNc1ccc(-c2ccc(C#N)cc2)nn1. The van der Waals surface area contributed by atoms with Gasteiger partial charge in [-0.3, -0.25) is 0 Å². The summed E-state index contributed by atoms with van der Waals surface area (Å²) in [6, 6.07) is 13.2. The summed E-state index contributed by atoms with van der Waals surface area (Å²) >= 11 is 0. The summed E-state index contributed by atoms with van der Waals surface area (Å²) in [4.78, 5) is 0. The Morgan fingerprint density at radius 3 is 2.44 bits per heavy atom. The van der Waals surface area contributed by atoms with Gasteiger partial charge in [0.05, 0.1) is 17.3 Å².